The van der Waals surface area contributed by atoms with Crippen LogP contribution in [-0.2, 0) is 5.88 Å². The Hall–Kier alpha value is -1.09. The van der Waals surface area contributed by atoms with Gasteiger partial charge in [0.1, 0.15) is 5.75 Å². The number of hydrogen-bond donors (Lipinski definition) is 0. The van der Waals surface area contributed by atoms with Crippen LogP contribution in [0.25, 0.3) is 0 Å². The minimum absolute atomic E-state index is 0.357. The molecular weight excluding hydrogens is 216 g/mol. The monoisotopic (exact) mass is 230 g/mol. The Bertz CT molecular complexity index is 350. The van der Waals surface area contributed by atoms with Gasteiger partial charge in [-0.25, -0.2) is 0 Å². The minimum atomic E-state index is 0.357. The van der Waals surface area contributed by atoms with Gasteiger partial charge in [-0.15, -0.1) is 11.6 Å². The highest BCUT2D eigenvalue weighted by molar-refractivity contribution is 6.17. The van der Waals surface area contributed by atoms with Crippen LogP contribution in [0.1, 0.15) is 11.1 Å². The zero-order chi connectivity index (χ0) is 11.4. The standard InChI is InChI=1S/C11H15ClO3/c1-7-9(13-2)5-8(6-12)11(15-4)10(7)14-3/h5H,6H2,1-4H3. The van der Waals surface area contributed by atoms with Crippen molar-refractivity contribution in [3.8, 4) is 17.2 Å². The maximum absolute atomic E-state index is 5.83. The van der Waals surface area contributed by atoms with Gasteiger partial charge in [0.25, 0.3) is 0 Å². The second-order valence-electron chi connectivity index (χ2n) is 3.06. The summed E-state index contributed by atoms with van der Waals surface area (Å²) in [5.74, 6) is 2.46. The molecule has 3 nitrogen and oxygen atoms in total. The number of hydrogen-bond acceptors (Lipinski definition) is 3. The van der Waals surface area contributed by atoms with Crippen LogP contribution in [0.3, 0.4) is 0 Å². The summed E-state index contributed by atoms with van der Waals surface area (Å²) in [6.45, 7) is 1.91. The Labute approximate surface area is 94.9 Å². The third-order valence-electron chi connectivity index (χ3n) is 2.29. The molecular formula is C11H15ClO3. The first kappa shape index (κ1) is 12.0. The summed E-state index contributed by atoms with van der Waals surface area (Å²) >= 11 is 5.83. The smallest absolute Gasteiger partial charge is 0.167 e. The molecule has 0 heterocycles. The van der Waals surface area contributed by atoms with Crippen LogP contribution in [0.2, 0.25) is 0 Å². The summed E-state index contributed by atoms with van der Waals surface area (Å²) in [5.41, 5.74) is 1.77. The van der Waals surface area contributed by atoms with Gasteiger partial charge in [-0.3, -0.25) is 0 Å². The average molecular weight is 231 g/mol. The molecule has 0 aromatic heterocycles. The summed E-state index contributed by atoms with van der Waals surface area (Å²) in [6, 6.07) is 1.86. The molecule has 0 unspecified atom stereocenters. The van der Waals surface area contributed by atoms with E-state index in [2.05, 4.69) is 0 Å². The molecule has 4 heteroatoms. The van der Waals surface area contributed by atoms with Crippen molar-refractivity contribution in [3.63, 3.8) is 0 Å². The summed E-state index contributed by atoms with van der Waals surface area (Å²) < 4.78 is 15.8. The highest BCUT2D eigenvalue weighted by atomic mass is 35.5. The molecule has 15 heavy (non-hydrogen) atoms. The Morgan fingerprint density at radius 2 is 1.67 bits per heavy atom. The number of methoxy groups -OCH3 is 3. The molecule has 1 rings (SSSR count). The number of rotatable bonds is 4. The lowest BCUT2D eigenvalue weighted by atomic mass is 10.1. The summed E-state index contributed by atoms with van der Waals surface area (Å²) in [6.07, 6.45) is 0. The van der Waals surface area contributed by atoms with E-state index < -0.39 is 0 Å². The summed E-state index contributed by atoms with van der Waals surface area (Å²) in [4.78, 5) is 0. The molecule has 0 aliphatic carbocycles. The number of ether oxygens (including phenoxy) is 3. The van der Waals surface area contributed by atoms with Gasteiger partial charge in [0, 0.05) is 11.1 Å². The normalized spacial score (nSPS) is 9.93. The molecule has 84 valence electrons. The Morgan fingerprint density at radius 3 is 2.07 bits per heavy atom. The van der Waals surface area contributed by atoms with Crippen LogP contribution < -0.4 is 14.2 Å². The molecule has 0 saturated heterocycles. The molecule has 0 saturated carbocycles. The highest BCUT2D eigenvalue weighted by Crippen LogP contribution is 2.40. The quantitative estimate of drug-likeness (QED) is 0.745. The van der Waals surface area contributed by atoms with E-state index in [9.17, 15) is 0 Å². The molecule has 0 bridgehead atoms. The van der Waals surface area contributed by atoms with Gasteiger partial charge in [0.05, 0.1) is 27.2 Å². The lowest BCUT2D eigenvalue weighted by molar-refractivity contribution is 0.343. The number of halogens is 1. The van der Waals surface area contributed by atoms with Crippen molar-refractivity contribution in [1.82, 2.24) is 0 Å². The second-order valence-corrected chi connectivity index (χ2v) is 3.33. The van der Waals surface area contributed by atoms with Gasteiger partial charge < -0.3 is 14.2 Å². The maximum atomic E-state index is 5.83. The predicted octanol–water partition coefficient (Wildman–Crippen LogP) is 2.76. The third kappa shape index (κ3) is 2.12. The van der Waals surface area contributed by atoms with Gasteiger partial charge in [-0.05, 0) is 13.0 Å². The minimum Gasteiger partial charge on any atom is -0.496 e. The maximum Gasteiger partial charge on any atom is 0.167 e. The Balaban J connectivity index is 3.43. The fraction of sp³-hybridized carbons (Fsp3) is 0.455. The third-order valence-corrected chi connectivity index (χ3v) is 2.57. The van der Waals surface area contributed by atoms with Crippen molar-refractivity contribution in [2.75, 3.05) is 21.3 Å². The molecule has 1 aromatic rings. The van der Waals surface area contributed by atoms with E-state index in [1.165, 1.54) is 0 Å². The van der Waals surface area contributed by atoms with Crippen LogP contribution in [-0.4, -0.2) is 21.3 Å². The highest BCUT2D eigenvalue weighted by Gasteiger charge is 2.16. The van der Waals surface area contributed by atoms with Crippen molar-refractivity contribution in [2.45, 2.75) is 12.8 Å². The van der Waals surface area contributed by atoms with Crippen molar-refractivity contribution in [1.29, 1.82) is 0 Å². The fourth-order valence-corrected chi connectivity index (χ4v) is 1.74. The first-order valence-corrected chi connectivity index (χ1v) is 5.07. The summed E-state index contributed by atoms with van der Waals surface area (Å²) in [5, 5.41) is 0. The predicted molar refractivity (Wildman–Crippen MR) is 60.4 cm³/mol. The Morgan fingerprint density at radius 1 is 1.07 bits per heavy atom. The molecule has 0 spiro atoms. The zero-order valence-corrected chi connectivity index (χ0v) is 10.1. The van der Waals surface area contributed by atoms with Crippen molar-refractivity contribution < 1.29 is 14.2 Å². The SMILES string of the molecule is COc1cc(CCl)c(OC)c(OC)c1C. The van der Waals surface area contributed by atoms with Crippen LogP contribution in [0, 0.1) is 6.92 Å². The van der Waals surface area contributed by atoms with Crippen LogP contribution in [0.15, 0.2) is 6.07 Å². The van der Waals surface area contributed by atoms with Crippen molar-refractivity contribution >= 4 is 11.6 Å². The molecule has 0 N–H and O–H groups in total. The second kappa shape index (κ2) is 5.12. The van der Waals surface area contributed by atoms with Crippen molar-refractivity contribution in [3.05, 3.63) is 17.2 Å². The fourth-order valence-electron chi connectivity index (χ4n) is 1.54. The largest absolute Gasteiger partial charge is 0.496 e. The topological polar surface area (TPSA) is 27.7 Å². The van der Waals surface area contributed by atoms with Crippen molar-refractivity contribution in [2.24, 2.45) is 0 Å². The lowest BCUT2D eigenvalue weighted by Gasteiger charge is -2.16. The van der Waals surface area contributed by atoms with Gasteiger partial charge in [0.15, 0.2) is 11.5 Å². The van der Waals surface area contributed by atoms with E-state index in [1.807, 2.05) is 13.0 Å². The van der Waals surface area contributed by atoms with E-state index >= 15 is 0 Å². The van der Waals surface area contributed by atoms with E-state index in [-0.39, 0.29) is 0 Å². The van der Waals surface area contributed by atoms with Gasteiger partial charge in [-0.1, -0.05) is 0 Å². The lowest BCUT2D eigenvalue weighted by Crippen LogP contribution is -1.99. The number of benzene rings is 1. The molecule has 0 radical (unpaired) electrons. The van der Waals surface area contributed by atoms with E-state index in [0.717, 1.165) is 16.9 Å². The van der Waals surface area contributed by atoms with E-state index in [4.69, 9.17) is 25.8 Å². The van der Waals surface area contributed by atoms with Crippen LogP contribution in [0.5, 0.6) is 17.2 Å². The van der Waals surface area contributed by atoms with Crippen LogP contribution in [0.4, 0.5) is 0 Å². The van der Waals surface area contributed by atoms with E-state index in [1.54, 1.807) is 21.3 Å². The molecule has 0 fully saturated rings. The average Bonchev–Trinajstić information content (AvgIpc) is 2.28. The zero-order valence-electron chi connectivity index (χ0n) is 9.39. The van der Waals surface area contributed by atoms with Crippen LogP contribution >= 0.6 is 11.6 Å². The van der Waals surface area contributed by atoms with E-state index in [0.29, 0.717) is 17.4 Å². The molecule has 0 atom stereocenters. The molecule has 0 aliphatic rings. The summed E-state index contributed by atoms with van der Waals surface area (Å²) in [7, 11) is 4.81. The first-order chi connectivity index (χ1) is 7.19. The van der Waals surface area contributed by atoms with Gasteiger partial charge in [-0.2, -0.15) is 0 Å². The Kier molecular flexibility index (Phi) is 4.09. The molecule has 0 amide bonds. The molecule has 1 aromatic carbocycles. The first-order valence-electron chi connectivity index (χ1n) is 4.54. The molecule has 0 aliphatic heterocycles. The number of alkyl halides is 1. The van der Waals surface area contributed by atoms with Gasteiger partial charge >= 0.3 is 0 Å². The van der Waals surface area contributed by atoms with Gasteiger partial charge in [0.2, 0.25) is 0 Å².